The van der Waals surface area contributed by atoms with E-state index in [-0.39, 0.29) is 22.8 Å². The molecule has 5 heteroatoms. The number of methoxy groups -OCH3 is 2. The van der Waals surface area contributed by atoms with Crippen molar-refractivity contribution in [2.24, 2.45) is 0 Å². The van der Waals surface area contributed by atoms with Crippen molar-refractivity contribution in [2.75, 3.05) is 14.2 Å². The summed E-state index contributed by atoms with van der Waals surface area (Å²) in [7, 11) is 3.06. The van der Waals surface area contributed by atoms with Crippen molar-refractivity contribution in [3.05, 3.63) is 59.2 Å². The Hall–Kier alpha value is -3.21. The Morgan fingerprint density at radius 2 is 1.85 bits per heavy atom. The molecule has 1 aliphatic heterocycles. The molecule has 2 aromatic carbocycles. The van der Waals surface area contributed by atoms with Crippen LogP contribution in [0, 0.1) is 0 Å². The number of allylic oxidation sites excluding steroid dienone is 1. The number of ketones is 1. The van der Waals surface area contributed by atoms with Crippen LogP contribution < -0.4 is 14.2 Å². The fourth-order valence-corrected chi connectivity index (χ4v) is 2.85. The Bertz CT molecular complexity index is 921. The maximum atomic E-state index is 12.9. The molecule has 0 saturated carbocycles. The van der Waals surface area contributed by atoms with Crippen LogP contribution in [0.25, 0.3) is 12.2 Å². The summed E-state index contributed by atoms with van der Waals surface area (Å²) in [5.41, 5.74) is 1.02. The largest absolute Gasteiger partial charge is 0.507 e. The van der Waals surface area contributed by atoms with Gasteiger partial charge in [-0.15, -0.1) is 0 Å². The van der Waals surface area contributed by atoms with Crippen LogP contribution in [-0.4, -0.2) is 30.7 Å². The molecule has 1 heterocycles. The maximum Gasteiger partial charge on any atom is 0.193 e. The van der Waals surface area contributed by atoms with Crippen LogP contribution >= 0.6 is 0 Å². The molecule has 0 bridgehead atoms. The van der Waals surface area contributed by atoms with Crippen LogP contribution in [0.5, 0.6) is 23.0 Å². The summed E-state index contributed by atoms with van der Waals surface area (Å²) in [5, 5.41) is 10.2. The van der Waals surface area contributed by atoms with Crippen molar-refractivity contribution in [1.82, 2.24) is 0 Å². The van der Waals surface area contributed by atoms with Crippen LogP contribution in [0.1, 0.15) is 35.3 Å². The molecule has 1 N–H and O–H groups in total. The number of carbonyl (C=O) groups excluding carboxylic acids is 1. The zero-order valence-corrected chi connectivity index (χ0v) is 15.8. The molecule has 27 heavy (non-hydrogen) atoms. The lowest BCUT2D eigenvalue weighted by Gasteiger charge is -2.30. The Labute approximate surface area is 158 Å². The topological polar surface area (TPSA) is 65.0 Å². The molecule has 0 unspecified atom stereocenters. The van der Waals surface area contributed by atoms with Crippen LogP contribution in [0.4, 0.5) is 0 Å². The number of benzene rings is 2. The van der Waals surface area contributed by atoms with Gasteiger partial charge in [-0.25, -0.2) is 0 Å². The van der Waals surface area contributed by atoms with Crippen LogP contribution in [0.3, 0.4) is 0 Å². The third kappa shape index (κ3) is 3.82. The van der Waals surface area contributed by atoms with Gasteiger partial charge in [0.05, 0.1) is 19.8 Å². The van der Waals surface area contributed by atoms with Gasteiger partial charge in [0.2, 0.25) is 0 Å². The first kappa shape index (κ1) is 18.6. The predicted octanol–water partition coefficient (Wildman–Crippen LogP) is 4.49. The normalized spacial score (nSPS) is 14.5. The Morgan fingerprint density at radius 3 is 2.48 bits per heavy atom. The number of phenolic OH excluding ortho intramolecular Hbond substituents is 1. The van der Waals surface area contributed by atoms with Crippen molar-refractivity contribution < 1.29 is 24.1 Å². The minimum atomic E-state index is -0.597. The molecule has 2 aromatic rings. The van der Waals surface area contributed by atoms with Gasteiger partial charge in [-0.1, -0.05) is 18.2 Å². The van der Waals surface area contributed by atoms with Gasteiger partial charge >= 0.3 is 0 Å². The molecule has 0 aliphatic carbocycles. The number of rotatable bonds is 5. The van der Waals surface area contributed by atoms with Gasteiger partial charge in [0, 0.05) is 6.07 Å². The molecule has 0 radical (unpaired) electrons. The second-order valence-corrected chi connectivity index (χ2v) is 6.73. The second kappa shape index (κ2) is 7.19. The predicted molar refractivity (Wildman–Crippen MR) is 105 cm³/mol. The summed E-state index contributed by atoms with van der Waals surface area (Å²) in [6.45, 7) is 3.76. The van der Waals surface area contributed by atoms with Crippen molar-refractivity contribution >= 4 is 17.9 Å². The molecule has 0 atom stereocenters. The fraction of sp³-hybridized carbons (Fsp3) is 0.227. The smallest absolute Gasteiger partial charge is 0.193 e. The van der Waals surface area contributed by atoms with Gasteiger partial charge in [0.1, 0.15) is 34.2 Å². The molecule has 1 aliphatic rings. The van der Waals surface area contributed by atoms with Crippen molar-refractivity contribution in [3.63, 3.8) is 0 Å². The molecule has 0 amide bonds. The zero-order chi connectivity index (χ0) is 19.6. The molecule has 3 rings (SSSR count). The summed E-state index contributed by atoms with van der Waals surface area (Å²) >= 11 is 0. The Morgan fingerprint density at radius 1 is 1.15 bits per heavy atom. The van der Waals surface area contributed by atoms with Gasteiger partial charge in [0.25, 0.3) is 0 Å². The quantitative estimate of drug-likeness (QED) is 0.624. The van der Waals surface area contributed by atoms with E-state index in [1.54, 1.807) is 19.3 Å². The van der Waals surface area contributed by atoms with Crippen molar-refractivity contribution in [1.29, 1.82) is 0 Å². The summed E-state index contributed by atoms with van der Waals surface area (Å²) in [4.78, 5) is 12.9. The number of fused-ring (bicyclic) bond motifs is 1. The van der Waals surface area contributed by atoms with E-state index >= 15 is 0 Å². The van der Waals surface area contributed by atoms with Gasteiger partial charge in [-0.3, -0.25) is 4.79 Å². The summed E-state index contributed by atoms with van der Waals surface area (Å²) in [6.07, 6.45) is 6.77. The molecule has 140 valence electrons. The third-order valence-electron chi connectivity index (χ3n) is 4.29. The van der Waals surface area contributed by atoms with Gasteiger partial charge < -0.3 is 19.3 Å². The number of phenols is 1. The van der Waals surface area contributed by atoms with E-state index in [1.165, 1.54) is 19.3 Å². The average Bonchev–Trinajstić information content (AvgIpc) is 2.65. The molecular formula is C22H22O5. The number of hydrogen-bond acceptors (Lipinski definition) is 5. The molecule has 5 nitrogen and oxygen atoms in total. The number of aromatic hydroxyl groups is 1. The van der Waals surface area contributed by atoms with E-state index in [2.05, 4.69) is 0 Å². The third-order valence-corrected chi connectivity index (χ3v) is 4.29. The highest BCUT2D eigenvalue weighted by atomic mass is 16.5. The summed E-state index contributed by atoms with van der Waals surface area (Å²) in [5.74, 6) is 1.06. The van der Waals surface area contributed by atoms with Gasteiger partial charge in [-0.2, -0.15) is 0 Å². The highest BCUT2D eigenvalue weighted by Gasteiger charge is 2.30. The van der Waals surface area contributed by atoms with Crippen LogP contribution in [0.15, 0.2) is 42.5 Å². The van der Waals surface area contributed by atoms with E-state index in [0.29, 0.717) is 11.3 Å². The highest BCUT2D eigenvalue weighted by molar-refractivity contribution is 6.11. The minimum Gasteiger partial charge on any atom is -0.507 e. The minimum absolute atomic E-state index is 0.00397. The number of carbonyl (C=O) groups is 1. The maximum absolute atomic E-state index is 12.9. The molecule has 0 fully saturated rings. The van der Waals surface area contributed by atoms with Gasteiger partial charge in [0.15, 0.2) is 5.78 Å². The van der Waals surface area contributed by atoms with Crippen LogP contribution in [-0.2, 0) is 0 Å². The van der Waals surface area contributed by atoms with E-state index in [1.807, 2.05) is 44.2 Å². The monoisotopic (exact) mass is 366 g/mol. The first-order valence-corrected chi connectivity index (χ1v) is 8.53. The molecule has 0 spiro atoms. The molecule has 0 aromatic heterocycles. The second-order valence-electron chi connectivity index (χ2n) is 6.73. The van der Waals surface area contributed by atoms with Crippen molar-refractivity contribution in [2.45, 2.75) is 19.4 Å². The first-order valence-electron chi connectivity index (χ1n) is 8.53. The van der Waals surface area contributed by atoms with E-state index in [0.717, 1.165) is 11.3 Å². The Kier molecular flexibility index (Phi) is 4.95. The average molecular weight is 366 g/mol. The first-order chi connectivity index (χ1) is 12.8. The lowest BCUT2D eigenvalue weighted by Crippen LogP contribution is -2.28. The number of ether oxygens (including phenoxy) is 3. The fourth-order valence-electron chi connectivity index (χ4n) is 2.85. The van der Waals surface area contributed by atoms with Crippen molar-refractivity contribution in [3.8, 4) is 23.0 Å². The number of hydrogen-bond donors (Lipinski definition) is 1. The van der Waals surface area contributed by atoms with E-state index < -0.39 is 5.60 Å². The van der Waals surface area contributed by atoms with Crippen LogP contribution in [0.2, 0.25) is 0 Å². The highest BCUT2D eigenvalue weighted by Crippen LogP contribution is 2.44. The molecular weight excluding hydrogens is 344 g/mol. The Balaban J connectivity index is 2.01. The lowest BCUT2D eigenvalue weighted by molar-refractivity contribution is 0.103. The zero-order valence-electron chi connectivity index (χ0n) is 15.8. The summed E-state index contributed by atoms with van der Waals surface area (Å²) in [6, 6.07) is 8.79. The summed E-state index contributed by atoms with van der Waals surface area (Å²) < 4.78 is 16.4. The van der Waals surface area contributed by atoms with Gasteiger partial charge in [-0.05, 0) is 49.8 Å². The standard InChI is InChI=1S/C22H22O5/c1-22(2)12-11-16-18(24)13-19(26-4)20(21(16)27-22)17(23)10-7-14-5-8-15(25-3)9-6-14/h5-13,24H,1-4H3/b10-7+. The molecule has 0 saturated heterocycles. The lowest BCUT2D eigenvalue weighted by atomic mass is 9.96. The van der Waals surface area contributed by atoms with E-state index in [9.17, 15) is 9.90 Å². The van der Waals surface area contributed by atoms with E-state index in [4.69, 9.17) is 14.2 Å². The SMILES string of the molecule is COc1ccc(/C=C/C(=O)c2c(OC)cc(O)c3c2OC(C)(C)C=C3)cc1.